The predicted octanol–water partition coefficient (Wildman–Crippen LogP) is 2.30. The molecule has 0 atom stereocenters. The van der Waals surface area contributed by atoms with Gasteiger partial charge in [0.1, 0.15) is 24.2 Å². The number of carbonyl (C=O) groups is 1. The van der Waals surface area contributed by atoms with Crippen molar-refractivity contribution in [2.24, 2.45) is 5.84 Å². The third-order valence-electron chi connectivity index (χ3n) is 2.83. The molecule has 1 aromatic heterocycles. The van der Waals surface area contributed by atoms with Crippen molar-refractivity contribution >= 4 is 17.5 Å². The van der Waals surface area contributed by atoms with Gasteiger partial charge in [-0.25, -0.2) is 5.84 Å². The first-order valence-electron chi connectivity index (χ1n) is 5.98. The Balaban J connectivity index is 2.10. The smallest absolute Gasteiger partial charge is 0.300 e. The lowest BCUT2D eigenvalue weighted by Crippen LogP contribution is -2.29. The van der Waals surface area contributed by atoms with Crippen LogP contribution in [0, 0.1) is 18.3 Å². The van der Waals surface area contributed by atoms with Gasteiger partial charge >= 0.3 is 5.91 Å². The summed E-state index contributed by atoms with van der Waals surface area (Å²) in [5, 5.41) is 9.12. The Morgan fingerprint density at radius 1 is 1.52 bits per heavy atom. The molecule has 1 amide bonds. The van der Waals surface area contributed by atoms with E-state index < -0.39 is 5.91 Å². The van der Waals surface area contributed by atoms with E-state index in [1.54, 1.807) is 31.2 Å². The van der Waals surface area contributed by atoms with Crippen molar-refractivity contribution in [3.63, 3.8) is 0 Å². The van der Waals surface area contributed by atoms with Gasteiger partial charge in [0, 0.05) is 11.6 Å². The van der Waals surface area contributed by atoms with Gasteiger partial charge in [-0.2, -0.15) is 5.26 Å². The highest BCUT2D eigenvalue weighted by Crippen LogP contribution is 2.23. The zero-order valence-electron chi connectivity index (χ0n) is 11.1. The number of nitrogens with two attached hydrogens (primary N) is 1. The van der Waals surface area contributed by atoms with Crippen LogP contribution in [0.25, 0.3) is 0 Å². The van der Waals surface area contributed by atoms with Crippen LogP contribution in [0.15, 0.2) is 28.7 Å². The number of furan rings is 1. The van der Waals surface area contributed by atoms with Gasteiger partial charge in [0.2, 0.25) is 0 Å². The molecule has 0 bridgehead atoms. The average Bonchev–Trinajstić information content (AvgIpc) is 2.85. The minimum atomic E-state index is -0.509. The number of hydrogen-bond acceptors (Lipinski definition) is 5. The minimum Gasteiger partial charge on any atom is -0.489 e. The fraction of sp³-hybridized carbons (Fsp3) is 0.143. The number of halogens is 1. The molecule has 0 saturated heterocycles. The lowest BCUT2D eigenvalue weighted by Gasteiger charge is -2.06. The molecule has 2 aromatic rings. The molecule has 0 saturated carbocycles. The topological polar surface area (TPSA) is 101 Å². The average molecular weight is 306 g/mol. The Hall–Kier alpha value is -2.49. The standard InChI is InChI=1S/C14H12ClN3O3/c1-8-10(4-13(21-8)14(19)18-17)7-20-11-3-2-9(6-16)12(15)5-11/h2-5H,7,17H2,1H3,(H,18,19). The first-order valence-corrected chi connectivity index (χ1v) is 6.35. The lowest BCUT2D eigenvalue weighted by molar-refractivity contribution is 0.0924. The van der Waals surface area contributed by atoms with Crippen molar-refractivity contribution in [3.8, 4) is 11.8 Å². The number of ether oxygens (including phenoxy) is 1. The highest BCUT2D eigenvalue weighted by atomic mass is 35.5. The lowest BCUT2D eigenvalue weighted by atomic mass is 10.2. The van der Waals surface area contributed by atoms with Gasteiger partial charge < -0.3 is 9.15 Å². The second kappa shape index (κ2) is 6.31. The fourth-order valence-corrected chi connectivity index (χ4v) is 1.90. The highest BCUT2D eigenvalue weighted by molar-refractivity contribution is 6.31. The van der Waals surface area contributed by atoms with Crippen LogP contribution in [0.1, 0.15) is 27.4 Å². The van der Waals surface area contributed by atoms with Crippen molar-refractivity contribution < 1.29 is 13.9 Å². The van der Waals surface area contributed by atoms with Crippen molar-refractivity contribution in [1.82, 2.24) is 5.43 Å². The second-order valence-electron chi connectivity index (χ2n) is 4.21. The van der Waals surface area contributed by atoms with E-state index in [9.17, 15) is 4.79 Å². The van der Waals surface area contributed by atoms with E-state index in [0.717, 1.165) is 0 Å². The van der Waals surface area contributed by atoms with Gasteiger partial charge in [0.25, 0.3) is 0 Å². The Labute approximate surface area is 126 Å². The summed E-state index contributed by atoms with van der Waals surface area (Å²) >= 11 is 5.92. The molecule has 0 aliphatic rings. The molecule has 0 fully saturated rings. The first-order chi connectivity index (χ1) is 10.0. The summed E-state index contributed by atoms with van der Waals surface area (Å²) in [6, 6.07) is 8.31. The fourth-order valence-electron chi connectivity index (χ4n) is 1.68. The summed E-state index contributed by atoms with van der Waals surface area (Å²) in [5.41, 5.74) is 3.09. The molecule has 0 radical (unpaired) electrons. The van der Waals surface area contributed by atoms with Crippen LogP contribution in [0.2, 0.25) is 5.02 Å². The van der Waals surface area contributed by atoms with Gasteiger partial charge in [-0.05, 0) is 25.1 Å². The number of benzene rings is 1. The molecule has 3 N–H and O–H groups in total. The maximum atomic E-state index is 11.3. The number of rotatable bonds is 4. The molecule has 0 unspecified atom stereocenters. The first kappa shape index (κ1) is 14.9. The number of nitrogens with zero attached hydrogens (tertiary/aromatic N) is 1. The Kier molecular flexibility index (Phi) is 4.48. The Morgan fingerprint density at radius 2 is 2.29 bits per heavy atom. The van der Waals surface area contributed by atoms with Gasteiger partial charge in [-0.3, -0.25) is 10.2 Å². The largest absolute Gasteiger partial charge is 0.489 e. The summed E-state index contributed by atoms with van der Waals surface area (Å²) in [6.45, 7) is 1.92. The number of hydrogen-bond donors (Lipinski definition) is 2. The number of aryl methyl sites for hydroxylation is 1. The number of nitrogen functional groups attached to an aromatic ring is 1. The summed E-state index contributed by atoms with van der Waals surface area (Å²) in [6.07, 6.45) is 0. The molecule has 1 heterocycles. The minimum absolute atomic E-state index is 0.117. The van der Waals surface area contributed by atoms with Gasteiger partial charge in [-0.1, -0.05) is 11.6 Å². The SMILES string of the molecule is Cc1oc(C(=O)NN)cc1COc1ccc(C#N)c(Cl)c1. The molecule has 0 spiro atoms. The van der Waals surface area contributed by atoms with Crippen LogP contribution in [0.5, 0.6) is 5.75 Å². The Bertz CT molecular complexity index is 719. The molecule has 0 aliphatic heterocycles. The Morgan fingerprint density at radius 3 is 2.90 bits per heavy atom. The van der Waals surface area contributed by atoms with E-state index in [1.807, 2.05) is 11.5 Å². The number of nitriles is 1. The molecular weight excluding hydrogens is 294 g/mol. The normalized spacial score (nSPS) is 10.0. The molecule has 0 aliphatic carbocycles. The van der Waals surface area contributed by atoms with Crippen molar-refractivity contribution in [1.29, 1.82) is 5.26 Å². The van der Waals surface area contributed by atoms with E-state index >= 15 is 0 Å². The monoisotopic (exact) mass is 305 g/mol. The van der Waals surface area contributed by atoms with Crippen LogP contribution in [0.4, 0.5) is 0 Å². The van der Waals surface area contributed by atoms with Gasteiger partial charge in [-0.15, -0.1) is 0 Å². The number of nitrogens with one attached hydrogen (secondary N) is 1. The van der Waals surface area contributed by atoms with E-state index in [-0.39, 0.29) is 12.4 Å². The number of carbonyl (C=O) groups excluding carboxylic acids is 1. The number of amides is 1. The third-order valence-corrected chi connectivity index (χ3v) is 3.14. The zero-order chi connectivity index (χ0) is 15.4. The van der Waals surface area contributed by atoms with Crippen molar-refractivity contribution in [2.75, 3.05) is 0 Å². The maximum Gasteiger partial charge on any atom is 0.300 e. The van der Waals surface area contributed by atoms with Crippen LogP contribution in [-0.4, -0.2) is 5.91 Å². The second-order valence-corrected chi connectivity index (χ2v) is 4.61. The summed E-state index contributed by atoms with van der Waals surface area (Å²) in [4.78, 5) is 11.3. The molecule has 21 heavy (non-hydrogen) atoms. The molecule has 7 heteroatoms. The van der Waals surface area contributed by atoms with E-state index in [1.165, 1.54) is 0 Å². The van der Waals surface area contributed by atoms with Crippen LogP contribution >= 0.6 is 11.6 Å². The highest BCUT2D eigenvalue weighted by Gasteiger charge is 2.14. The maximum absolute atomic E-state index is 11.3. The molecule has 6 nitrogen and oxygen atoms in total. The van der Waals surface area contributed by atoms with Crippen LogP contribution < -0.4 is 16.0 Å². The number of hydrazine groups is 1. The zero-order valence-corrected chi connectivity index (χ0v) is 11.9. The summed E-state index contributed by atoms with van der Waals surface area (Å²) in [5.74, 6) is 5.73. The summed E-state index contributed by atoms with van der Waals surface area (Å²) in [7, 11) is 0. The molecular formula is C14H12ClN3O3. The predicted molar refractivity (Wildman–Crippen MR) is 75.6 cm³/mol. The van der Waals surface area contributed by atoms with Gasteiger partial charge in [0.15, 0.2) is 5.76 Å². The quantitative estimate of drug-likeness (QED) is 0.512. The molecule has 108 valence electrons. The van der Waals surface area contributed by atoms with Crippen LogP contribution in [-0.2, 0) is 6.61 Å². The third kappa shape index (κ3) is 3.34. The van der Waals surface area contributed by atoms with Crippen LogP contribution in [0.3, 0.4) is 0 Å². The van der Waals surface area contributed by atoms with E-state index in [4.69, 9.17) is 31.9 Å². The summed E-state index contributed by atoms with van der Waals surface area (Å²) < 4.78 is 10.8. The van der Waals surface area contributed by atoms with Gasteiger partial charge in [0.05, 0.1) is 10.6 Å². The van der Waals surface area contributed by atoms with E-state index in [0.29, 0.717) is 27.7 Å². The van der Waals surface area contributed by atoms with Crippen molar-refractivity contribution in [3.05, 3.63) is 51.9 Å². The van der Waals surface area contributed by atoms with Crippen molar-refractivity contribution in [2.45, 2.75) is 13.5 Å². The molecule has 2 rings (SSSR count). The van der Waals surface area contributed by atoms with E-state index in [2.05, 4.69) is 0 Å². The molecule has 1 aromatic carbocycles.